The highest BCUT2D eigenvalue weighted by atomic mass is 35.5. The molecule has 9 nitrogen and oxygen atoms in total. The summed E-state index contributed by atoms with van der Waals surface area (Å²) in [6.45, 7) is 4.96. The van der Waals surface area contributed by atoms with Gasteiger partial charge in [0, 0.05) is 13.0 Å². The van der Waals surface area contributed by atoms with Gasteiger partial charge >= 0.3 is 6.01 Å². The average molecular weight is 483 g/mol. The van der Waals surface area contributed by atoms with Gasteiger partial charge in [0.25, 0.3) is 0 Å². The van der Waals surface area contributed by atoms with Gasteiger partial charge in [0.05, 0.1) is 11.6 Å². The van der Waals surface area contributed by atoms with E-state index >= 15 is 4.39 Å². The largest absolute Gasteiger partial charge is 0.475 e. The molecule has 3 aliphatic heterocycles. The van der Waals surface area contributed by atoms with Crippen LogP contribution in [0, 0.1) is 5.82 Å². The molecule has 0 aliphatic carbocycles. The molecule has 1 unspecified atom stereocenters. The molecule has 0 bridgehead atoms. The smallest absolute Gasteiger partial charge is 0.319 e. The first-order chi connectivity index (χ1) is 15.7. The Hall–Kier alpha value is -2.53. The van der Waals surface area contributed by atoms with Gasteiger partial charge in [-0.15, -0.1) is 0 Å². The summed E-state index contributed by atoms with van der Waals surface area (Å²) in [5.41, 5.74) is 5.03. The number of pyridine rings is 1. The Bertz CT molecular complexity index is 1120. The van der Waals surface area contributed by atoms with Crippen molar-refractivity contribution in [2.24, 2.45) is 5.73 Å². The first-order valence-corrected chi connectivity index (χ1v) is 11.4. The summed E-state index contributed by atoms with van der Waals surface area (Å²) in [5.74, 6) is -1.14. The molecule has 12 heteroatoms. The number of ether oxygens (including phenoxy) is 2. The lowest BCUT2D eigenvalue weighted by atomic mass is 9.95. The molecule has 4 atom stereocenters. The third-order valence-corrected chi connectivity index (χ3v) is 7.16. The van der Waals surface area contributed by atoms with E-state index in [2.05, 4.69) is 19.9 Å². The highest BCUT2D eigenvalue weighted by molar-refractivity contribution is 6.30. The maximum absolute atomic E-state index is 15.1. The summed E-state index contributed by atoms with van der Waals surface area (Å²) in [6.07, 6.45) is 1.22. The number of primary amides is 1. The van der Waals surface area contributed by atoms with Crippen molar-refractivity contribution in [3.63, 3.8) is 0 Å². The van der Waals surface area contributed by atoms with Gasteiger partial charge in [-0.3, -0.25) is 9.69 Å². The molecule has 3 aliphatic rings. The van der Waals surface area contributed by atoms with Crippen LogP contribution in [0.4, 0.5) is 14.6 Å². The molecule has 5 heterocycles. The SMILES string of the molecule is CC(C(N)=O)N1c2nc(OC[C@@]34CCCN3C[C@H](F)C4)nc3c(F)c(Cl)nc(c23)OC[C@@H]1C. The second-order valence-corrected chi connectivity index (χ2v) is 9.44. The number of nitrogens with two attached hydrogens (primary N) is 1. The fourth-order valence-electron chi connectivity index (χ4n) is 5.27. The molecule has 2 aromatic rings. The number of halogens is 3. The topological polar surface area (TPSA) is 107 Å². The number of amides is 1. The minimum atomic E-state index is -0.911. The van der Waals surface area contributed by atoms with Gasteiger partial charge in [-0.05, 0) is 33.2 Å². The molecule has 33 heavy (non-hydrogen) atoms. The number of alkyl halides is 1. The van der Waals surface area contributed by atoms with E-state index in [1.165, 1.54) is 0 Å². The Balaban J connectivity index is 1.60. The number of fused-ring (bicyclic) bond motifs is 1. The fraction of sp³-hybridized carbons (Fsp3) is 0.619. The van der Waals surface area contributed by atoms with E-state index in [0.29, 0.717) is 13.0 Å². The van der Waals surface area contributed by atoms with E-state index in [1.807, 2.05) is 6.92 Å². The van der Waals surface area contributed by atoms with Crippen molar-refractivity contribution in [2.75, 3.05) is 31.2 Å². The standard InChI is InChI=1S/C21H25ClF2N6O3/c1-10-8-32-19-13-15(14(24)16(22)27-19)26-20(28-18(13)30(10)11(2)17(25)31)33-9-21-4-3-5-29(21)7-12(23)6-21/h10-12H,3-9H2,1-2H3,(H2,25,31)/t10-,11?,12+,21-/m0/s1. The number of rotatable bonds is 5. The predicted molar refractivity (Wildman–Crippen MR) is 117 cm³/mol. The molecule has 0 spiro atoms. The third kappa shape index (κ3) is 3.61. The molecule has 178 valence electrons. The lowest BCUT2D eigenvalue weighted by Crippen LogP contribution is -2.49. The van der Waals surface area contributed by atoms with Gasteiger partial charge in [0.1, 0.15) is 42.1 Å². The minimum absolute atomic E-state index is 0.0700. The molecule has 2 fully saturated rings. The zero-order valence-corrected chi connectivity index (χ0v) is 19.1. The van der Waals surface area contributed by atoms with E-state index in [0.717, 1.165) is 19.4 Å². The van der Waals surface area contributed by atoms with E-state index in [1.54, 1.807) is 11.8 Å². The van der Waals surface area contributed by atoms with Crippen molar-refractivity contribution in [1.82, 2.24) is 19.9 Å². The van der Waals surface area contributed by atoms with Crippen LogP contribution >= 0.6 is 11.6 Å². The van der Waals surface area contributed by atoms with E-state index in [-0.39, 0.29) is 47.9 Å². The maximum Gasteiger partial charge on any atom is 0.319 e. The Kier molecular flexibility index (Phi) is 5.43. The Labute approximate surface area is 194 Å². The summed E-state index contributed by atoms with van der Waals surface area (Å²) in [7, 11) is 0. The Morgan fingerprint density at radius 1 is 1.42 bits per heavy atom. The Morgan fingerprint density at radius 3 is 2.97 bits per heavy atom. The molecule has 2 saturated heterocycles. The molecule has 0 radical (unpaired) electrons. The van der Waals surface area contributed by atoms with Crippen molar-refractivity contribution >= 4 is 34.2 Å². The van der Waals surface area contributed by atoms with Gasteiger partial charge in [-0.1, -0.05) is 11.6 Å². The summed E-state index contributed by atoms with van der Waals surface area (Å²) in [4.78, 5) is 28.6. The average Bonchev–Trinajstić information content (AvgIpc) is 3.24. The number of hydrogen-bond donors (Lipinski definition) is 1. The molecule has 2 aromatic heterocycles. The number of aromatic nitrogens is 3. The number of carbonyl (C=O) groups is 1. The molecule has 0 saturated carbocycles. The van der Waals surface area contributed by atoms with Gasteiger partial charge in [-0.2, -0.15) is 15.0 Å². The van der Waals surface area contributed by atoms with Crippen LogP contribution in [0.3, 0.4) is 0 Å². The molecule has 1 amide bonds. The van der Waals surface area contributed by atoms with E-state index in [4.69, 9.17) is 26.8 Å². The maximum atomic E-state index is 15.1. The predicted octanol–water partition coefficient (Wildman–Crippen LogP) is 2.23. The molecule has 5 rings (SSSR count). The number of anilines is 1. The number of hydrogen-bond acceptors (Lipinski definition) is 8. The molecule has 2 N–H and O–H groups in total. The number of carbonyl (C=O) groups excluding carboxylic acids is 1. The van der Waals surface area contributed by atoms with Gasteiger partial charge in [0.2, 0.25) is 11.8 Å². The number of nitrogens with zero attached hydrogens (tertiary/aromatic N) is 5. The van der Waals surface area contributed by atoms with Crippen LogP contribution < -0.4 is 20.1 Å². The Morgan fingerprint density at radius 2 is 2.21 bits per heavy atom. The summed E-state index contributed by atoms with van der Waals surface area (Å²) >= 11 is 6.00. The third-order valence-electron chi connectivity index (χ3n) is 6.91. The van der Waals surface area contributed by atoms with Crippen LogP contribution in [-0.2, 0) is 4.79 Å². The molecular formula is C21H25ClF2N6O3. The van der Waals surface area contributed by atoms with Crippen LogP contribution in [0.1, 0.15) is 33.1 Å². The van der Waals surface area contributed by atoms with Crippen LogP contribution in [0.25, 0.3) is 10.9 Å². The quantitative estimate of drug-likeness (QED) is 0.647. The fourth-order valence-corrected chi connectivity index (χ4v) is 5.44. The van der Waals surface area contributed by atoms with E-state index < -0.39 is 34.6 Å². The van der Waals surface area contributed by atoms with Gasteiger partial charge < -0.3 is 20.1 Å². The second kappa shape index (κ2) is 8.05. The first kappa shape index (κ1) is 22.3. The van der Waals surface area contributed by atoms with Crippen LogP contribution in [0.5, 0.6) is 11.9 Å². The summed E-state index contributed by atoms with van der Waals surface area (Å²) in [6, 6.07) is -1.21. The lowest BCUT2D eigenvalue weighted by molar-refractivity contribution is -0.119. The normalized spacial score (nSPS) is 27.8. The first-order valence-electron chi connectivity index (χ1n) is 11.0. The molecular weight excluding hydrogens is 458 g/mol. The van der Waals surface area contributed by atoms with Crippen molar-refractivity contribution in [3.8, 4) is 11.9 Å². The van der Waals surface area contributed by atoms with Crippen LogP contribution in [0.15, 0.2) is 0 Å². The van der Waals surface area contributed by atoms with Crippen LogP contribution in [-0.4, -0.2) is 75.9 Å². The highest BCUT2D eigenvalue weighted by Crippen LogP contribution is 2.42. The van der Waals surface area contributed by atoms with Gasteiger partial charge in [0.15, 0.2) is 11.0 Å². The monoisotopic (exact) mass is 482 g/mol. The highest BCUT2D eigenvalue weighted by Gasteiger charge is 2.49. The van der Waals surface area contributed by atoms with E-state index in [9.17, 15) is 9.18 Å². The summed E-state index contributed by atoms with van der Waals surface area (Å²) < 4.78 is 40.9. The zero-order valence-electron chi connectivity index (χ0n) is 18.4. The van der Waals surface area contributed by atoms with Gasteiger partial charge in [-0.25, -0.2) is 8.78 Å². The second-order valence-electron chi connectivity index (χ2n) is 9.08. The summed E-state index contributed by atoms with van der Waals surface area (Å²) in [5, 5.41) is -0.208. The lowest BCUT2D eigenvalue weighted by Gasteiger charge is -2.33. The van der Waals surface area contributed by atoms with Crippen molar-refractivity contribution in [2.45, 2.75) is 56.9 Å². The van der Waals surface area contributed by atoms with Crippen molar-refractivity contribution in [1.29, 1.82) is 0 Å². The molecule has 0 aromatic carbocycles. The van der Waals surface area contributed by atoms with Crippen molar-refractivity contribution < 1.29 is 23.0 Å². The minimum Gasteiger partial charge on any atom is -0.475 e. The zero-order chi connectivity index (χ0) is 23.5. The van der Waals surface area contributed by atoms with Crippen LogP contribution in [0.2, 0.25) is 5.15 Å². The van der Waals surface area contributed by atoms with Crippen molar-refractivity contribution in [3.05, 3.63) is 11.0 Å².